The summed E-state index contributed by atoms with van der Waals surface area (Å²) < 4.78 is 10.8. The van der Waals surface area contributed by atoms with Crippen LogP contribution in [0, 0.1) is 23.7 Å². The Morgan fingerprint density at radius 2 is 1.08 bits per heavy atom. The van der Waals surface area contributed by atoms with E-state index in [1.807, 2.05) is 27.7 Å². The molecule has 0 aromatic heterocycles. The van der Waals surface area contributed by atoms with Crippen LogP contribution in [0.25, 0.3) is 0 Å². The summed E-state index contributed by atoms with van der Waals surface area (Å²) in [6.07, 6.45) is 5.21. The predicted octanol–water partition coefficient (Wildman–Crippen LogP) is 2.63. The second-order valence-corrected chi connectivity index (χ2v) is 8.62. The third-order valence-electron chi connectivity index (χ3n) is 4.95. The Kier molecular flexibility index (Phi) is 10.2. The lowest BCUT2D eigenvalue weighted by atomic mass is 9.83. The molecule has 0 aromatic carbocycles. The predicted molar refractivity (Wildman–Crippen MR) is 102 cm³/mol. The van der Waals surface area contributed by atoms with Crippen molar-refractivity contribution in [1.82, 2.24) is 0 Å². The molecule has 6 nitrogen and oxygen atoms in total. The first-order chi connectivity index (χ1) is 12.2. The Labute approximate surface area is 158 Å². The zero-order chi connectivity index (χ0) is 19.7. The van der Waals surface area contributed by atoms with E-state index < -0.39 is 12.1 Å². The zero-order valence-corrected chi connectivity index (χ0v) is 16.9. The van der Waals surface area contributed by atoms with Gasteiger partial charge in [0.05, 0.1) is 13.2 Å². The van der Waals surface area contributed by atoms with Crippen LogP contribution in [0.15, 0.2) is 0 Å². The summed E-state index contributed by atoms with van der Waals surface area (Å²) >= 11 is 0. The van der Waals surface area contributed by atoms with Crippen LogP contribution in [0.2, 0.25) is 0 Å². The number of carbonyl (C=O) groups is 2. The van der Waals surface area contributed by atoms with E-state index in [0.717, 1.165) is 25.7 Å². The number of rotatable bonds is 10. The lowest BCUT2D eigenvalue weighted by Gasteiger charge is -2.28. The van der Waals surface area contributed by atoms with E-state index in [9.17, 15) is 9.59 Å². The number of hydrogen-bond donors (Lipinski definition) is 2. The van der Waals surface area contributed by atoms with E-state index in [0.29, 0.717) is 49.7 Å². The van der Waals surface area contributed by atoms with Gasteiger partial charge in [0.1, 0.15) is 12.1 Å². The molecule has 0 radical (unpaired) electrons. The molecule has 6 heteroatoms. The SMILES string of the molecule is CC(C)CC(N)C(=O)OCC1CCC(COC(=O)C(N)CC(C)C)CC1. The molecule has 2 atom stereocenters. The minimum Gasteiger partial charge on any atom is -0.464 e. The van der Waals surface area contributed by atoms with Crippen LogP contribution in [0.3, 0.4) is 0 Å². The summed E-state index contributed by atoms with van der Waals surface area (Å²) in [6, 6.07) is -1.05. The highest BCUT2D eigenvalue weighted by atomic mass is 16.5. The standard InChI is InChI=1S/C20H38N2O4/c1-13(2)9-17(21)19(23)25-11-15-5-7-16(8-6-15)12-26-20(24)18(22)10-14(3)4/h13-18H,5-12,21-22H2,1-4H3. The van der Waals surface area contributed by atoms with Crippen LogP contribution in [0.4, 0.5) is 0 Å². The third kappa shape index (κ3) is 8.99. The molecule has 0 heterocycles. The summed E-state index contributed by atoms with van der Waals surface area (Å²) in [5, 5.41) is 0. The van der Waals surface area contributed by atoms with Crippen molar-refractivity contribution in [2.45, 2.75) is 78.3 Å². The second-order valence-electron chi connectivity index (χ2n) is 8.62. The Morgan fingerprint density at radius 1 is 0.769 bits per heavy atom. The quantitative estimate of drug-likeness (QED) is 0.573. The maximum absolute atomic E-state index is 11.9. The van der Waals surface area contributed by atoms with Crippen molar-refractivity contribution in [2.24, 2.45) is 35.1 Å². The summed E-state index contributed by atoms with van der Waals surface area (Å²) in [7, 11) is 0. The van der Waals surface area contributed by atoms with Crippen molar-refractivity contribution in [3.63, 3.8) is 0 Å². The molecule has 2 unspecified atom stereocenters. The van der Waals surface area contributed by atoms with Gasteiger partial charge < -0.3 is 20.9 Å². The van der Waals surface area contributed by atoms with Gasteiger partial charge in [0.2, 0.25) is 0 Å². The second kappa shape index (κ2) is 11.5. The van der Waals surface area contributed by atoms with E-state index in [2.05, 4.69) is 0 Å². The van der Waals surface area contributed by atoms with E-state index in [4.69, 9.17) is 20.9 Å². The van der Waals surface area contributed by atoms with Crippen molar-refractivity contribution in [2.75, 3.05) is 13.2 Å². The Hall–Kier alpha value is -1.14. The molecule has 0 amide bonds. The van der Waals surface area contributed by atoms with Gasteiger partial charge in [-0.1, -0.05) is 27.7 Å². The van der Waals surface area contributed by atoms with Crippen molar-refractivity contribution in [3.8, 4) is 0 Å². The summed E-state index contributed by atoms with van der Waals surface area (Å²) in [6.45, 7) is 9.04. The molecule has 1 aliphatic carbocycles. The Morgan fingerprint density at radius 3 is 1.35 bits per heavy atom. The Balaban J connectivity index is 2.20. The topological polar surface area (TPSA) is 105 Å². The Bertz CT molecular complexity index is 392. The molecular weight excluding hydrogens is 332 g/mol. The van der Waals surface area contributed by atoms with E-state index in [1.165, 1.54) is 0 Å². The summed E-state index contributed by atoms with van der Waals surface area (Å²) in [4.78, 5) is 23.8. The van der Waals surface area contributed by atoms with Gasteiger partial charge >= 0.3 is 11.9 Å². The van der Waals surface area contributed by atoms with Gasteiger partial charge in [-0.05, 0) is 62.2 Å². The van der Waals surface area contributed by atoms with Crippen molar-refractivity contribution < 1.29 is 19.1 Å². The molecule has 26 heavy (non-hydrogen) atoms. The minimum atomic E-state index is -0.527. The molecule has 0 aromatic rings. The molecule has 0 bridgehead atoms. The lowest BCUT2D eigenvalue weighted by Crippen LogP contribution is -2.36. The summed E-state index contributed by atoms with van der Waals surface area (Å²) in [5.74, 6) is 0.914. The molecule has 0 saturated heterocycles. The molecule has 1 aliphatic rings. The average molecular weight is 371 g/mol. The van der Waals surface area contributed by atoms with Crippen LogP contribution in [-0.4, -0.2) is 37.2 Å². The van der Waals surface area contributed by atoms with Gasteiger partial charge in [-0.25, -0.2) is 0 Å². The first kappa shape index (κ1) is 22.9. The van der Waals surface area contributed by atoms with E-state index >= 15 is 0 Å². The number of nitrogens with two attached hydrogens (primary N) is 2. The molecule has 0 aliphatic heterocycles. The molecule has 1 rings (SSSR count). The normalized spacial score (nSPS) is 22.9. The van der Waals surface area contributed by atoms with Gasteiger partial charge in [0, 0.05) is 0 Å². The number of carbonyl (C=O) groups excluding carboxylic acids is 2. The fraction of sp³-hybridized carbons (Fsp3) is 0.900. The van der Waals surface area contributed by atoms with Crippen LogP contribution < -0.4 is 11.5 Å². The molecule has 1 saturated carbocycles. The van der Waals surface area contributed by atoms with Crippen molar-refractivity contribution in [3.05, 3.63) is 0 Å². The summed E-state index contributed by atoms with van der Waals surface area (Å²) in [5.41, 5.74) is 11.7. The minimum absolute atomic E-state index is 0.297. The maximum atomic E-state index is 11.9. The van der Waals surface area contributed by atoms with Gasteiger partial charge in [-0.2, -0.15) is 0 Å². The first-order valence-corrected chi connectivity index (χ1v) is 10.0. The number of hydrogen-bond acceptors (Lipinski definition) is 6. The largest absolute Gasteiger partial charge is 0.464 e. The fourth-order valence-corrected chi connectivity index (χ4v) is 3.39. The molecule has 152 valence electrons. The van der Waals surface area contributed by atoms with Gasteiger partial charge in [-0.3, -0.25) is 9.59 Å². The van der Waals surface area contributed by atoms with E-state index in [-0.39, 0.29) is 11.9 Å². The van der Waals surface area contributed by atoms with Gasteiger partial charge in [-0.15, -0.1) is 0 Å². The van der Waals surface area contributed by atoms with Crippen LogP contribution in [0.5, 0.6) is 0 Å². The molecule has 0 spiro atoms. The van der Waals surface area contributed by atoms with Gasteiger partial charge in [0.15, 0.2) is 0 Å². The molecule has 4 N–H and O–H groups in total. The van der Waals surface area contributed by atoms with Crippen LogP contribution in [-0.2, 0) is 19.1 Å². The highest BCUT2D eigenvalue weighted by Crippen LogP contribution is 2.29. The maximum Gasteiger partial charge on any atom is 0.322 e. The highest BCUT2D eigenvalue weighted by molar-refractivity contribution is 5.75. The first-order valence-electron chi connectivity index (χ1n) is 10.0. The smallest absolute Gasteiger partial charge is 0.322 e. The fourth-order valence-electron chi connectivity index (χ4n) is 3.39. The number of esters is 2. The van der Waals surface area contributed by atoms with Crippen molar-refractivity contribution >= 4 is 11.9 Å². The lowest BCUT2D eigenvalue weighted by molar-refractivity contribution is -0.149. The van der Waals surface area contributed by atoms with Crippen LogP contribution >= 0.6 is 0 Å². The van der Waals surface area contributed by atoms with E-state index in [1.54, 1.807) is 0 Å². The monoisotopic (exact) mass is 370 g/mol. The van der Waals surface area contributed by atoms with Gasteiger partial charge in [0.25, 0.3) is 0 Å². The molecular formula is C20H38N2O4. The zero-order valence-electron chi connectivity index (χ0n) is 16.9. The third-order valence-corrected chi connectivity index (χ3v) is 4.95. The highest BCUT2D eigenvalue weighted by Gasteiger charge is 2.25. The van der Waals surface area contributed by atoms with Crippen molar-refractivity contribution in [1.29, 1.82) is 0 Å². The number of ether oxygens (including phenoxy) is 2. The average Bonchev–Trinajstić information content (AvgIpc) is 2.57. The van der Waals surface area contributed by atoms with Crippen LogP contribution in [0.1, 0.15) is 66.2 Å². The molecule has 1 fully saturated rings.